The molecule has 13 heterocycles. The Bertz CT molecular complexity index is 6220. The number of carbonyl (C=O) groups is 5. The second-order valence-corrected chi connectivity index (χ2v) is 32.7. The Balaban J connectivity index is 0.000000143. The van der Waals surface area contributed by atoms with Gasteiger partial charge in [0.1, 0.15) is 29.4 Å². The number of ether oxygens (including phenoxy) is 1. The zero-order chi connectivity index (χ0) is 93.1. The van der Waals surface area contributed by atoms with Gasteiger partial charge in [0.25, 0.3) is 45.9 Å². The summed E-state index contributed by atoms with van der Waals surface area (Å²) in [5.41, 5.74) is 11.7. The van der Waals surface area contributed by atoms with E-state index in [1.165, 1.54) is 77.3 Å². The van der Waals surface area contributed by atoms with Gasteiger partial charge in [-0.2, -0.15) is 4.98 Å². The Hall–Kier alpha value is -15.1. The average molecular weight is 1800 g/mol. The minimum Gasteiger partial charge on any atom is -0.462 e. The van der Waals surface area contributed by atoms with Gasteiger partial charge in [-0.15, -0.1) is 0 Å². The summed E-state index contributed by atoms with van der Waals surface area (Å²) >= 11 is 0. The number of likely N-dealkylation sites (N-methyl/N-ethyl adjacent to an activating group) is 1. The fourth-order valence-electron chi connectivity index (χ4n) is 16.3. The summed E-state index contributed by atoms with van der Waals surface area (Å²) in [5, 5.41) is 19.6. The number of anilines is 10. The van der Waals surface area contributed by atoms with Crippen LogP contribution in [0.4, 0.5) is 57.4 Å². The zero-order valence-electron chi connectivity index (χ0n) is 75.7. The first-order valence-electron chi connectivity index (χ1n) is 45.3. The summed E-state index contributed by atoms with van der Waals surface area (Å²) in [4.78, 5) is 171. The van der Waals surface area contributed by atoms with Crippen LogP contribution < -0.4 is 83.8 Å². The van der Waals surface area contributed by atoms with E-state index < -0.39 is 11.1 Å². The highest BCUT2D eigenvalue weighted by atomic mass is 16.5. The number of nitrogens with zero attached hydrogens (tertiary/aromatic N) is 14. The maximum atomic E-state index is 12.9. The number of likely N-dealkylation sites (tertiary alicyclic amines) is 1. The second kappa shape index (κ2) is 45.9. The third-order valence-corrected chi connectivity index (χ3v) is 23.7. The predicted octanol–water partition coefficient (Wildman–Crippen LogP) is 11.9. The smallest absolute Gasteiger partial charge is 0.316 e. The molecule has 5 aliphatic rings. The van der Waals surface area contributed by atoms with Gasteiger partial charge in [0.15, 0.2) is 5.82 Å². The number of benzene rings is 4. The topological polar surface area (TPSA) is 433 Å². The van der Waals surface area contributed by atoms with Crippen molar-refractivity contribution < 1.29 is 28.7 Å². The number of aromatic nitrogens is 12. The van der Waals surface area contributed by atoms with Crippen LogP contribution in [-0.4, -0.2) is 218 Å². The molecule has 0 unspecified atom stereocenters. The number of aromatic amines is 4. The number of piperazine rings is 1. The van der Waals surface area contributed by atoms with Crippen LogP contribution in [0.3, 0.4) is 0 Å². The molecule has 0 spiro atoms. The summed E-state index contributed by atoms with van der Waals surface area (Å²) in [6, 6.07) is 44.3. The number of aryl methyl sites for hydroxylation is 2. The Labute approximate surface area is 770 Å². The molecule has 0 bridgehead atoms. The van der Waals surface area contributed by atoms with Crippen LogP contribution >= 0.6 is 0 Å². The lowest BCUT2D eigenvalue weighted by Crippen LogP contribution is -2.48. The quantitative estimate of drug-likeness (QED) is 0.0224. The summed E-state index contributed by atoms with van der Waals surface area (Å²) in [6.45, 7) is 18.4. The standard InChI is InChI=1S/C26H31N7O2.C25H29N5O2.C24H28N6O3.C23H25N7O3/c1-27-26-28-11-10-22(31-26)19-15-23(25(35)29-16-19)30-24(34)18-6-8-20(9-7-18)33-14-4-5-21(33)17-32-12-2-3-13-32;1-3-19-15-20(4-2)28-23(27-19)18-14-22(25(32)26-16-18)29-24(31)17-8-10-21(11-9-17)30-12-6-5-7-13-30;1-25-11-14-33-24-26-10-9-20(29-24)18-15-21(23(32)27-16-18)28-22(31)17-5-7-19(8-6-17)30-12-3-2-4-13-30;1-15(31)29-9-11-30(12-10-29)18-5-3-16(4-6-18)21(32)27-20-13-17(14-26-22(20)33)19-7-8-25-23(24-2)28-19/h6-11,15-16,21H,2-5,12-14,17H2,1H3,(H,29,35)(H,30,34)(H,27,28,31);8-11,14-16H,3-7,12-13H2,1-2H3,(H,26,32)(H,29,31);5-10,15-16,25H,2-4,11-14H2,1H3,(H,27,32)(H,28,31);3-8,13-14H,9-12H2,1-2H3,(H,26,33)(H,27,32)(H,24,25,28)/t21-;;;/m1.../s1. The Morgan fingerprint density at radius 1 is 0.398 bits per heavy atom. The molecular formula is C98H113N25O10. The second-order valence-electron chi connectivity index (χ2n) is 32.7. The van der Waals surface area contributed by atoms with Crippen molar-refractivity contribution >= 4 is 86.9 Å². The van der Waals surface area contributed by atoms with Crippen molar-refractivity contribution in [2.75, 3.05) is 164 Å². The molecule has 1 atom stereocenters. The van der Waals surface area contributed by atoms with Crippen LogP contribution in [0.25, 0.3) is 45.2 Å². The normalized spacial score (nSPS) is 14.8. The van der Waals surface area contributed by atoms with Crippen LogP contribution in [-0.2, 0) is 17.6 Å². The maximum absolute atomic E-state index is 12.9. The maximum Gasteiger partial charge on any atom is 0.316 e. The number of piperidine rings is 2. The van der Waals surface area contributed by atoms with E-state index in [1.54, 1.807) is 143 Å². The largest absolute Gasteiger partial charge is 0.462 e. The van der Waals surface area contributed by atoms with E-state index in [0.717, 1.165) is 99.3 Å². The molecule has 0 saturated carbocycles. The number of nitrogens with one attached hydrogen (secondary N) is 11. The number of rotatable bonds is 26. The molecule has 35 heteroatoms. The van der Waals surface area contributed by atoms with Gasteiger partial charge in [0.05, 0.1) is 17.1 Å². The van der Waals surface area contributed by atoms with Crippen LogP contribution in [0.5, 0.6) is 6.01 Å². The van der Waals surface area contributed by atoms with Crippen molar-refractivity contribution in [1.29, 1.82) is 0 Å². The number of carbonyl (C=O) groups excluding carboxylic acids is 5. The van der Waals surface area contributed by atoms with E-state index in [4.69, 9.17) is 4.74 Å². The van der Waals surface area contributed by atoms with Gasteiger partial charge in [-0.1, -0.05) is 13.8 Å². The highest BCUT2D eigenvalue weighted by Gasteiger charge is 2.29. The van der Waals surface area contributed by atoms with Gasteiger partial charge in [-0.05, 0) is 243 Å². The van der Waals surface area contributed by atoms with Crippen molar-refractivity contribution in [3.8, 4) is 51.2 Å². The summed E-state index contributed by atoms with van der Waals surface area (Å²) < 4.78 is 5.51. The molecule has 5 saturated heterocycles. The molecule has 5 aliphatic heterocycles. The van der Waals surface area contributed by atoms with E-state index in [1.807, 2.05) is 92.5 Å². The Morgan fingerprint density at radius 2 is 0.767 bits per heavy atom. The number of hydrogen-bond donors (Lipinski definition) is 11. The van der Waals surface area contributed by atoms with Crippen LogP contribution in [0.1, 0.15) is 138 Å². The van der Waals surface area contributed by atoms with E-state index in [9.17, 15) is 43.2 Å². The van der Waals surface area contributed by atoms with Crippen molar-refractivity contribution in [2.24, 2.45) is 0 Å². The van der Waals surface area contributed by atoms with Crippen molar-refractivity contribution in [3.63, 3.8) is 0 Å². The van der Waals surface area contributed by atoms with Crippen LogP contribution in [0, 0.1) is 0 Å². The lowest BCUT2D eigenvalue weighted by molar-refractivity contribution is -0.129. The molecule has 12 aromatic rings. The Morgan fingerprint density at radius 3 is 1.16 bits per heavy atom. The zero-order valence-corrected chi connectivity index (χ0v) is 75.7. The van der Waals surface area contributed by atoms with Crippen LogP contribution in [0.2, 0.25) is 0 Å². The molecule has 133 heavy (non-hydrogen) atoms. The van der Waals surface area contributed by atoms with Gasteiger partial charge in [0, 0.05) is 221 Å². The molecule has 5 amide bonds. The minimum atomic E-state index is -0.407. The first kappa shape index (κ1) is 94.0. The molecule has 11 N–H and O–H groups in total. The van der Waals surface area contributed by atoms with Gasteiger partial charge in [0.2, 0.25) is 17.8 Å². The summed E-state index contributed by atoms with van der Waals surface area (Å²) in [5.74, 6) is 0.169. The van der Waals surface area contributed by atoms with Crippen molar-refractivity contribution in [1.82, 2.24) is 74.9 Å². The van der Waals surface area contributed by atoms with Gasteiger partial charge >= 0.3 is 6.01 Å². The number of pyridine rings is 4. The molecule has 5 fully saturated rings. The van der Waals surface area contributed by atoms with Gasteiger partial charge < -0.3 is 91.3 Å². The van der Waals surface area contributed by atoms with E-state index in [2.05, 4.69) is 122 Å². The lowest BCUT2D eigenvalue weighted by atomic mass is 10.1. The molecule has 17 rings (SSSR count). The number of amides is 5. The predicted molar refractivity (Wildman–Crippen MR) is 520 cm³/mol. The lowest BCUT2D eigenvalue weighted by Gasteiger charge is -2.35. The molecule has 35 nitrogen and oxygen atoms in total. The SMILES string of the molecule is CCc1cc(CC)nc(-c2c[nH]c(=O)c(NC(=O)c3ccc(N4CCCCC4)cc3)c2)n1.CNCCOc1nccc(-c2c[nH]c(=O)c(NC(=O)c3ccc(N4CCCCC4)cc3)c2)n1.CNc1nccc(-c2c[nH]c(=O)c(NC(=O)c3ccc(N4CCC[C@@H]4CN4CCCC4)cc3)c2)n1.CNc1nccc(-c2c[nH]c(=O)c(NC(=O)c3ccc(N4CCN(C(C)=O)CC4)cc3)c2)n1. The molecule has 0 aliphatic carbocycles. The fraction of sp³-hybridized carbons (Fsp3) is 0.337. The van der Waals surface area contributed by atoms with E-state index >= 15 is 0 Å². The first-order chi connectivity index (χ1) is 64.7. The van der Waals surface area contributed by atoms with Crippen molar-refractivity contribution in [2.45, 2.75) is 104 Å². The summed E-state index contributed by atoms with van der Waals surface area (Å²) in [7, 11) is 5.29. The molecule has 8 aromatic heterocycles. The molecule has 0 radical (unpaired) electrons. The third-order valence-electron chi connectivity index (χ3n) is 23.7. The average Bonchev–Trinajstić information content (AvgIpc) is 1.79. The fourth-order valence-corrected chi connectivity index (χ4v) is 16.3. The Kier molecular flexibility index (Phi) is 32.4. The monoisotopic (exact) mass is 1800 g/mol. The third kappa shape index (κ3) is 25.3. The summed E-state index contributed by atoms with van der Waals surface area (Å²) in [6.07, 6.45) is 25.0. The van der Waals surface area contributed by atoms with E-state index in [0.29, 0.717) is 112 Å². The first-order valence-corrected chi connectivity index (χ1v) is 45.3. The van der Waals surface area contributed by atoms with Gasteiger partial charge in [-0.25, -0.2) is 34.9 Å². The van der Waals surface area contributed by atoms with E-state index in [-0.39, 0.29) is 69.4 Å². The highest BCUT2D eigenvalue weighted by molar-refractivity contribution is 6.07. The number of hydrogen-bond acceptors (Lipinski definition) is 26. The van der Waals surface area contributed by atoms with Crippen LogP contribution in [0.15, 0.2) is 208 Å². The minimum absolute atomic E-state index is 0.0860. The van der Waals surface area contributed by atoms with Gasteiger partial charge in [-0.3, -0.25) is 43.2 Å². The molecule has 4 aromatic carbocycles. The van der Waals surface area contributed by atoms with Crippen molar-refractivity contribution in [3.05, 3.63) is 264 Å². The highest BCUT2D eigenvalue weighted by Crippen LogP contribution is 2.31. The molecule has 690 valence electrons. The molecular weight excluding hydrogens is 1690 g/mol. The number of H-pyrrole nitrogens is 4.